The molecule has 1 heterocycles. The summed E-state index contributed by atoms with van der Waals surface area (Å²) in [5.41, 5.74) is 0. The Morgan fingerprint density at radius 3 is 1.56 bits per heavy atom. The average molecular weight is 611 g/mol. The van der Waals surface area contributed by atoms with Crippen molar-refractivity contribution in [3.63, 3.8) is 0 Å². The van der Waals surface area contributed by atoms with Gasteiger partial charge in [0.05, 0.1) is 39.3 Å². The van der Waals surface area contributed by atoms with Gasteiger partial charge in [-0.3, -0.25) is 19.2 Å². The van der Waals surface area contributed by atoms with Crippen LogP contribution in [0.25, 0.3) is 0 Å². The summed E-state index contributed by atoms with van der Waals surface area (Å²) < 4.78 is 36.7. The number of unbranched alkanes of at least 4 members (excludes halogenated alkanes) is 3. The first kappa shape index (κ1) is 37.0. The zero-order valence-electron chi connectivity index (χ0n) is 24.5. The van der Waals surface area contributed by atoms with Crippen molar-refractivity contribution in [3.05, 3.63) is 38.0 Å². The zero-order chi connectivity index (χ0) is 31.9. The number of hydrogen-bond acceptors (Lipinski definition) is 13. The van der Waals surface area contributed by atoms with E-state index in [0.29, 0.717) is 38.5 Å². The first-order valence-electron chi connectivity index (χ1n) is 14.2. The number of esters is 6. The van der Waals surface area contributed by atoms with Crippen molar-refractivity contribution in [2.24, 2.45) is 0 Å². The van der Waals surface area contributed by atoms with E-state index in [1.54, 1.807) is 0 Å². The molecule has 0 aromatic rings. The van der Waals surface area contributed by atoms with Crippen molar-refractivity contribution in [2.45, 2.75) is 89.1 Å². The van der Waals surface area contributed by atoms with Gasteiger partial charge in [0.25, 0.3) is 0 Å². The number of ether oxygens (including phenoxy) is 7. The molecule has 0 spiro atoms. The minimum absolute atomic E-state index is 0.0229. The van der Waals surface area contributed by atoms with Gasteiger partial charge >= 0.3 is 35.8 Å². The number of rotatable bonds is 22. The van der Waals surface area contributed by atoms with Crippen LogP contribution < -0.4 is 0 Å². The van der Waals surface area contributed by atoms with Crippen LogP contribution in [-0.2, 0) is 61.9 Å². The second-order valence-electron chi connectivity index (χ2n) is 9.37. The topological polar surface area (TPSA) is 167 Å². The largest absolute Gasteiger partial charge is 0.465 e. The third-order valence-electron chi connectivity index (χ3n) is 5.84. The molecule has 1 aliphatic rings. The SMILES string of the molecule is C=CCC(=O)OCCCCC(=O)O[C@@H]1COC(OC(=O)CCCCOC(=O)C=C)C[C@@H]1OC(=O)CCCCOC(=O)C=C. The predicted molar refractivity (Wildman–Crippen MR) is 150 cm³/mol. The fourth-order valence-electron chi connectivity index (χ4n) is 3.64. The molecule has 0 aromatic carbocycles. The maximum atomic E-state index is 12.5. The maximum absolute atomic E-state index is 12.5. The molecule has 0 amide bonds. The van der Waals surface area contributed by atoms with Gasteiger partial charge in [-0.1, -0.05) is 19.2 Å². The molecule has 1 aliphatic heterocycles. The van der Waals surface area contributed by atoms with Gasteiger partial charge in [-0.2, -0.15) is 0 Å². The van der Waals surface area contributed by atoms with Crippen LogP contribution in [0.1, 0.15) is 70.6 Å². The summed E-state index contributed by atoms with van der Waals surface area (Å²) in [6.07, 6.45) is 3.34. The molecule has 1 rings (SSSR count). The highest BCUT2D eigenvalue weighted by Gasteiger charge is 2.38. The standard InChI is InChI=1S/C30H42O13/c1-4-13-26(33)39-19-12-8-15-28(35)42-23-21-40-30(43-29(36)16-9-11-18-38-25(32)6-3)20-22(23)41-27(34)14-7-10-17-37-24(31)5-2/h4-6,22-23,30H,1-3,7-21H2/t22-,23+,30?/m0/s1. The van der Waals surface area contributed by atoms with Crippen molar-refractivity contribution in [3.8, 4) is 0 Å². The summed E-state index contributed by atoms with van der Waals surface area (Å²) in [7, 11) is 0. The van der Waals surface area contributed by atoms with Gasteiger partial charge in [0.2, 0.25) is 6.29 Å². The van der Waals surface area contributed by atoms with Crippen LogP contribution in [0.5, 0.6) is 0 Å². The fraction of sp³-hybridized carbons (Fsp3) is 0.600. The predicted octanol–water partition coefficient (Wildman–Crippen LogP) is 3.19. The normalized spacial score (nSPS) is 17.4. The zero-order valence-corrected chi connectivity index (χ0v) is 24.5. The van der Waals surface area contributed by atoms with E-state index in [1.165, 1.54) is 6.08 Å². The van der Waals surface area contributed by atoms with E-state index in [9.17, 15) is 28.8 Å². The molecule has 43 heavy (non-hydrogen) atoms. The second kappa shape index (κ2) is 22.6. The molecule has 0 bridgehead atoms. The van der Waals surface area contributed by atoms with Crippen LogP contribution in [0.2, 0.25) is 0 Å². The van der Waals surface area contributed by atoms with E-state index >= 15 is 0 Å². The maximum Gasteiger partial charge on any atom is 0.330 e. The molecule has 0 saturated carbocycles. The highest BCUT2D eigenvalue weighted by molar-refractivity contribution is 5.81. The van der Waals surface area contributed by atoms with Crippen molar-refractivity contribution >= 4 is 35.8 Å². The third kappa shape index (κ3) is 18.2. The van der Waals surface area contributed by atoms with Gasteiger partial charge in [0, 0.05) is 31.4 Å². The van der Waals surface area contributed by atoms with Crippen LogP contribution in [-0.4, -0.2) is 80.7 Å². The first-order valence-corrected chi connectivity index (χ1v) is 14.2. The third-order valence-corrected chi connectivity index (χ3v) is 5.84. The Kier molecular flexibility index (Phi) is 19.4. The van der Waals surface area contributed by atoms with Gasteiger partial charge in [0.1, 0.15) is 6.10 Å². The lowest BCUT2D eigenvalue weighted by Gasteiger charge is -2.34. The summed E-state index contributed by atoms with van der Waals surface area (Å²) in [5, 5.41) is 0. The Labute approximate surface area is 251 Å². The molecule has 0 N–H and O–H groups in total. The highest BCUT2D eigenvalue weighted by atomic mass is 16.7. The minimum atomic E-state index is -1.03. The van der Waals surface area contributed by atoms with Crippen molar-refractivity contribution in [2.75, 3.05) is 26.4 Å². The lowest BCUT2D eigenvalue weighted by molar-refractivity contribution is -0.230. The lowest BCUT2D eigenvalue weighted by atomic mass is 10.1. The van der Waals surface area contributed by atoms with E-state index in [2.05, 4.69) is 19.7 Å². The molecule has 240 valence electrons. The minimum Gasteiger partial charge on any atom is -0.465 e. The van der Waals surface area contributed by atoms with Crippen molar-refractivity contribution < 1.29 is 61.9 Å². The van der Waals surface area contributed by atoms with Crippen LogP contribution in [0.15, 0.2) is 38.0 Å². The molecule has 3 atom stereocenters. The number of carbonyl (C=O) groups is 6. The number of carbonyl (C=O) groups excluding carboxylic acids is 6. The first-order chi connectivity index (χ1) is 20.7. The van der Waals surface area contributed by atoms with E-state index in [0.717, 1.165) is 12.2 Å². The summed E-state index contributed by atoms with van der Waals surface area (Å²) in [5.74, 6) is -3.17. The quantitative estimate of drug-likeness (QED) is 0.0577. The van der Waals surface area contributed by atoms with Crippen LogP contribution in [0.3, 0.4) is 0 Å². The van der Waals surface area contributed by atoms with Crippen LogP contribution in [0, 0.1) is 0 Å². The fourth-order valence-corrected chi connectivity index (χ4v) is 3.64. The van der Waals surface area contributed by atoms with E-state index in [-0.39, 0.29) is 58.5 Å². The smallest absolute Gasteiger partial charge is 0.330 e. The van der Waals surface area contributed by atoms with Crippen molar-refractivity contribution in [1.29, 1.82) is 0 Å². The Bertz CT molecular complexity index is 958. The summed E-state index contributed by atoms with van der Waals surface area (Å²) >= 11 is 0. The Balaban J connectivity index is 2.58. The molecular formula is C30H42O13. The van der Waals surface area contributed by atoms with Gasteiger partial charge in [-0.25, -0.2) is 9.59 Å². The summed E-state index contributed by atoms with van der Waals surface area (Å²) in [6.45, 7) is 10.3. The molecule has 13 nitrogen and oxygen atoms in total. The Morgan fingerprint density at radius 2 is 1.07 bits per heavy atom. The van der Waals surface area contributed by atoms with Gasteiger partial charge in [0.15, 0.2) is 6.10 Å². The molecule has 13 heteroatoms. The number of hydrogen-bond donors (Lipinski definition) is 0. The van der Waals surface area contributed by atoms with Gasteiger partial charge < -0.3 is 33.2 Å². The molecule has 1 fully saturated rings. The van der Waals surface area contributed by atoms with E-state index in [4.69, 9.17) is 33.2 Å². The summed E-state index contributed by atoms with van der Waals surface area (Å²) in [6, 6.07) is 0. The Morgan fingerprint density at radius 1 is 0.605 bits per heavy atom. The molecule has 1 unspecified atom stereocenters. The molecule has 1 saturated heterocycles. The van der Waals surface area contributed by atoms with Crippen LogP contribution in [0.4, 0.5) is 0 Å². The summed E-state index contributed by atoms with van der Waals surface area (Å²) in [4.78, 5) is 70.8. The molecular weight excluding hydrogens is 568 g/mol. The van der Waals surface area contributed by atoms with E-state index < -0.39 is 54.3 Å². The monoisotopic (exact) mass is 610 g/mol. The van der Waals surface area contributed by atoms with E-state index in [1.807, 2.05) is 0 Å². The Hall–Kier alpha value is -4.00. The van der Waals surface area contributed by atoms with Gasteiger partial charge in [-0.05, 0) is 38.5 Å². The lowest BCUT2D eigenvalue weighted by Crippen LogP contribution is -2.47. The van der Waals surface area contributed by atoms with Gasteiger partial charge in [-0.15, -0.1) is 6.58 Å². The van der Waals surface area contributed by atoms with Crippen molar-refractivity contribution in [1.82, 2.24) is 0 Å². The molecule has 0 aromatic heterocycles. The average Bonchev–Trinajstić information content (AvgIpc) is 2.97. The molecule has 0 aliphatic carbocycles. The van der Waals surface area contributed by atoms with Crippen LogP contribution >= 0.6 is 0 Å². The second-order valence-corrected chi connectivity index (χ2v) is 9.37. The molecule has 0 radical (unpaired) electrons. The highest BCUT2D eigenvalue weighted by Crippen LogP contribution is 2.23.